The van der Waals surface area contributed by atoms with E-state index in [1.807, 2.05) is 11.6 Å². The van der Waals surface area contributed by atoms with E-state index in [9.17, 15) is 12.8 Å². The average Bonchev–Trinajstić information content (AvgIpc) is 3.23. The van der Waals surface area contributed by atoms with Gasteiger partial charge in [0.15, 0.2) is 5.82 Å². The van der Waals surface area contributed by atoms with Crippen molar-refractivity contribution in [2.24, 2.45) is 7.05 Å². The molecule has 0 N–H and O–H groups in total. The van der Waals surface area contributed by atoms with Crippen LogP contribution in [-0.2, 0) is 29.9 Å². The minimum Gasteiger partial charge on any atom is -0.333 e. The molecule has 1 atom stereocenters. The van der Waals surface area contributed by atoms with Crippen molar-refractivity contribution in [1.82, 2.24) is 13.9 Å². The molecule has 140 valence electrons. The molecule has 1 aliphatic heterocycles. The van der Waals surface area contributed by atoms with E-state index in [0.717, 1.165) is 43.6 Å². The molecule has 2 aliphatic rings. The van der Waals surface area contributed by atoms with E-state index < -0.39 is 15.8 Å². The molecule has 0 radical (unpaired) electrons. The quantitative estimate of drug-likeness (QED) is 0.794. The van der Waals surface area contributed by atoms with Crippen molar-refractivity contribution in [2.45, 2.75) is 49.5 Å². The molecule has 0 unspecified atom stereocenters. The molecule has 2 aromatic rings. The number of aromatic nitrogens is 2. The van der Waals surface area contributed by atoms with Gasteiger partial charge >= 0.3 is 0 Å². The fourth-order valence-electron chi connectivity index (χ4n) is 4.10. The Kier molecular flexibility index (Phi) is 4.57. The Hall–Kier alpha value is -1.44. The molecule has 0 spiro atoms. The lowest BCUT2D eigenvalue weighted by Gasteiger charge is -2.24. The Morgan fingerprint density at radius 3 is 2.77 bits per heavy atom. The molecule has 0 saturated carbocycles. The van der Waals surface area contributed by atoms with Crippen molar-refractivity contribution in [3.8, 4) is 0 Å². The highest BCUT2D eigenvalue weighted by atomic mass is 35.5. The van der Waals surface area contributed by atoms with Gasteiger partial charge in [0.2, 0.25) is 10.0 Å². The van der Waals surface area contributed by atoms with E-state index in [1.165, 1.54) is 28.2 Å². The normalized spacial score (nSPS) is 21.1. The molecular formula is C18H21ClFN3O2S. The van der Waals surface area contributed by atoms with Crippen LogP contribution in [0.4, 0.5) is 4.39 Å². The maximum Gasteiger partial charge on any atom is 0.246 e. The van der Waals surface area contributed by atoms with Gasteiger partial charge in [0.1, 0.15) is 10.7 Å². The third kappa shape index (κ3) is 2.77. The van der Waals surface area contributed by atoms with Gasteiger partial charge in [-0.1, -0.05) is 17.7 Å². The smallest absolute Gasteiger partial charge is 0.246 e. The largest absolute Gasteiger partial charge is 0.333 e. The Morgan fingerprint density at radius 1 is 1.23 bits per heavy atom. The minimum atomic E-state index is -3.99. The summed E-state index contributed by atoms with van der Waals surface area (Å²) in [6.07, 6.45) is 5.57. The van der Waals surface area contributed by atoms with Gasteiger partial charge < -0.3 is 4.57 Å². The molecule has 8 heteroatoms. The fraction of sp³-hybridized carbons (Fsp3) is 0.500. The molecule has 0 bridgehead atoms. The van der Waals surface area contributed by atoms with E-state index in [2.05, 4.69) is 0 Å². The lowest BCUT2D eigenvalue weighted by Crippen LogP contribution is -2.32. The number of aryl methyl sites for hydroxylation is 1. The fourth-order valence-corrected chi connectivity index (χ4v) is 6.07. The Balaban J connectivity index is 1.75. The van der Waals surface area contributed by atoms with Crippen LogP contribution in [0.3, 0.4) is 0 Å². The molecule has 0 amide bonds. The predicted octanol–water partition coefficient (Wildman–Crippen LogP) is 3.62. The number of fused-ring (bicyclic) bond motifs is 1. The molecule has 26 heavy (non-hydrogen) atoms. The van der Waals surface area contributed by atoms with Crippen LogP contribution in [0, 0.1) is 5.82 Å². The standard InChI is InChI=1S/C18H21ClFN3O2S/c1-22-14-8-3-2-7-13(14)21-18(22)15-9-5-11-23(15)26(24,25)16-10-4-6-12(19)17(16)20/h4,6,10,15H,2-3,5,7-9,11H2,1H3/t15-/m0/s1. The first-order valence-electron chi connectivity index (χ1n) is 8.91. The van der Waals surface area contributed by atoms with Crippen LogP contribution in [-0.4, -0.2) is 28.8 Å². The summed E-state index contributed by atoms with van der Waals surface area (Å²) in [6.45, 7) is 0.358. The average molecular weight is 398 g/mol. The van der Waals surface area contributed by atoms with Crippen molar-refractivity contribution in [2.75, 3.05) is 6.54 Å². The van der Waals surface area contributed by atoms with Gasteiger partial charge in [-0.15, -0.1) is 0 Å². The van der Waals surface area contributed by atoms with E-state index in [4.69, 9.17) is 16.6 Å². The summed E-state index contributed by atoms with van der Waals surface area (Å²) in [5.74, 6) is -0.126. The summed E-state index contributed by atoms with van der Waals surface area (Å²) in [4.78, 5) is 4.40. The zero-order valence-electron chi connectivity index (χ0n) is 14.6. The van der Waals surface area contributed by atoms with Gasteiger partial charge in [-0.25, -0.2) is 17.8 Å². The van der Waals surface area contributed by atoms with Gasteiger partial charge in [-0.2, -0.15) is 4.31 Å². The first-order chi connectivity index (χ1) is 12.4. The zero-order valence-corrected chi connectivity index (χ0v) is 16.2. The highest BCUT2D eigenvalue weighted by Gasteiger charge is 2.40. The Labute approximate surface area is 157 Å². The highest BCUT2D eigenvalue weighted by Crippen LogP contribution is 2.38. The minimum absolute atomic E-state index is 0.186. The number of halogens is 2. The van der Waals surface area contributed by atoms with Crippen LogP contribution in [0.2, 0.25) is 5.02 Å². The van der Waals surface area contributed by atoms with Crippen molar-refractivity contribution in [3.05, 3.63) is 46.3 Å². The summed E-state index contributed by atoms with van der Waals surface area (Å²) < 4.78 is 44.1. The van der Waals surface area contributed by atoms with Crippen LogP contribution in [0.15, 0.2) is 23.1 Å². The monoisotopic (exact) mass is 397 g/mol. The maximum absolute atomic E-state index is 14.4. The van der Waals surface area contributed by atoms with Gasteiger partial charge in [0, 0.05) is 19.3 Å². The molecule has 1 saturated heterocycles. The predicted molar refractivity (Wildman–Crippen MR) is 97.1 cm³/mol. The summed E-state index contributed by atoms with van der Waals surface area (Å²) >= 11 is 5.80. The SMILES string of the molecule is Cn1c([C@@H]2CCCN2S(=O)(=O)c2cccc(Cl)c2F)nc2c1CCCC2. The second-order valence-corrected chi connectivity index (χ2v) is 9.22. The van der Waals surface area contributed by atoms with Crippen molar-refractivity contribution in [3.63, 3.8) is 0 Å². The Bertz CT molecular complexity index is 958. The molecule has 2 heterocycles. The highest BCUT2D eigenvalue weighted by molar-refractivity contribution is 7.89. The molecule has 1 aliphatic carbocycles. The second-order valence-electron chi connectivity index (χ2n) is 6.96. The van der Waals surface area contributed by atoms with Crippen LogP contribution >= 0.6 is 11.6 Å². The lowest BCUT2D eigenvalue weighted by molar-refractivity contribution is 0.374. The van der Waals surface area contributed by atoms with Gasteiger partial charge in [-0.3, -0.25) is 0 Å². The second kappa shape index (κ2) is 6.62. The third-order valence-corrected chi connectivity index (χ3v) is 7.63. The number of hydrogen-bond acceptors (Lipinski definition) is 3. The van der Waals surface area contributed by atoms with Gasteiger partial charge in [-0.05, 0) is 50.7 Å². The summed E-state index contributed by atoms with van der Waals surface area (Å²) in [5, 5.41) is -0.186. The number of sulfonamides is 1. The molecule has 4 rings (SSSR count). The van der Waals surface area contributed by atoms with Crippen LogP contribution in [0.25, 0.3) is 0 Å². The van der Waals surface area contributed by atoms with Gasteiger partial charge in [0.25, 0.3) is 0 Å². The summed E-state index contributed by atoms with van der Waals surface area (Å²) in [7, 11) is -2.03. The molecule has 1 fully saturated rings. The maximum atomic E-state index is 14.4. The third-order valence-electron chi connectivity index (χ3n) is 5.41. The van der Waals surface area contributed by atoms with Gasteiger partial charge in [0.05, 0.1) is 16.8 Å². The van der Waals surface area contributed by atoms with Crippen LogP contribution in [0.5, 0.6) is 0 Å². The number of hydrogen-bond donors (Lipinski definition) is 0. The molecule has 5 nitrogen and oxygen atoms in total. The van der Waals surface area contributed by atoms with E-state index >= 15 is 0 Å². The number of rotatable bonds is 3. The first-order valence-corrected chi connectivity index (χ1v) is 10.7. The lowest BCUT2D eigenvalue weighted by atomic mass is 10.0. The van der Waals surface area contributed by atoms with Crippen molar-refractivity contribution < 1.29 is 12.8 Å². The van der Waals surface area contributed by atoms with E-state index in [-0.39, 0.29) is 16.0 Å². The summed E-state index contributed by atoms with van der Waals surface area (Å²) in [6, 6.07) is 3.72. The Morgan fingerprint density at radius 2 is 2.00 bits per heavy atom. The van der Waals surface area contributed by atoms with E-state index in [1.54, 1.807) is 0 Å². The number of benzene rings is 1. The van der Waals surface area contributed by atoms with E-state index in [0.29, 0.717) is 13.0 Å². The van der Waals surface area contributed by atoms with Crippen molar-refractivity contribution >= 4 is 21.6 Å². The molecule has 1 aromatic heterocycles. The van der Waals surface area contributed by atoms with Crippen LogP contribution < -0.4 is 0 Å². The molecule has 1 aromatic carbocycles. The van der Waals surface area contributed by atoms with Crippen molar-refractivity contribution in [1.29, 1.82) is 0 Å². The zero-order chi connectivity index (χ0) is 18.5. The summed E-state index contributed by atoms with van der Waals surface area (Å²) in [5.41, 5.74) is 2.27. The number of nitrogens with zero attached hydrogens (tertiary/aromatic N) is 3. The van der Waals surface area contributed by atoms with Crippen LogP contribution in [0.1, 0.15) is 48.9 Å². The topological polar surface area (TPSA) is 55.2 Å². The first kappa shape index (κ1) is 17.9. The molecular weight excluding hydrogens is 377 g/mol. The number of imidazole rings is 1.